The number of terminal acetylenes is 1. The Labute approximate surface area is 83.6 Å². The van der Waals surface area contributed by atoms with Crippen LogP contribution in [0, 0.1) is 12.3 Å². The van der Waals surface area contributed by atoms with E-state index in [4.69, 9.17) is 6.42 Å². The van der Waals surface area contributed by atoms with Crippen molar-refractivity contribution in [1.29, 1.82) is 0 Å². The zero-order valence-electron chi connectivity index (χ0n) is 8.36. The van der Waals surface area contributed by atoms with E-state index in [2.05, 4.69) is 37.0 Å². The van der Waals surface area contributed by atoms with Crippen LogP contribution in [-0.4, -0.2) is 9.38 Å². The maximum atomic E-state index is 5.38. The SMILES string of the molecule is C#Cc1cnc2ccc(C(C)C)cn12. The summed E-state index contributed by atoms with van der Waals surface area (Å²) in [6.07, 6.45) is 9.16. The molecule has 2 heteroatoms. The van der Waals surface area contributed by atoms with Gasteiger partial charge in [0.2, 0.25) is 0 Å². The van der Waals surface area contributed by atoms with Crippen molar-refractivity contribution in [2.24, 2.45) is 0 Å². The molecule has 0 atom stereocenters. The molecule has 0 unspecified atom stereocenters. The molecule has 2 aromatic rings. The van der Waals surface area contributed by atoms with Crippen LogP contribution in [0.15, 0.2) is 24.5 Å². The highest BCUT2D eigenvalue weighted by Crippen LogP contribution is 2.15. The quantitative estimate of drug-likeness (QED) is 0.622. The molecular weight excluding hydrogens is 172 g/mol. The van der Waals surface area contributed by atoms with Crippen molar-refractivity contribution >= 4 is 5.65 Å². The first-order valence-electron chi connectivity index (χ1n) is 4.66. The van der Waals surface area contributed by atoms with Crippen LogP contribution in [0.3, 0.4) is 0 Å². The number of hydrogen-bond acceptors (Lipinski definition) is 1. The maximum Gasteiger partial charge on any atom is 0.137 e. The van der Waals surface area contributed by atoms with Gasteiger partial charge in [0.05, 0.1) is 6.20 Å². The van der Waals surface area contributed by atoms with Gasteiger partial charge in [-0.1, -0.05) is 25.8 Å². The molecule has 2 rings (SSSR count). The van der Waals surface area contributed by atoms with Crippen LogP contribution < -0.4 is 0 Å². The Morgan fingerprint density at radius 1 is 1.43 bits per heavy atom. The topological polar surface area (TPSA) is 17.3 Å². The van der Waals surface area contributed by atoms with Gasteiger partial charge in [-0.2, -0.15) is 0 Å². The standard InChI is InChI=1S/C12H12N2/c1-4-11-7-13-12-6-5-10(9(2)3)8-14(11)12/h1,5-9H,2-3H3. The van der Waals surface area contributed by atoms with Gasteiger partial charge in [0, 0.05) is 6.20 Å². The van der Waals surface area contributed by atoms with Crippen molar-refractivity contribution < 1.29 is 0 Å². The van der Waals surface area contributed by atoms with Gasteiger partial charge in [0.25, 0.3) is 0 Å². The molecule has 0 aliphatic rings. The highest BCUT2D eigenvalue weighted by molar-refractivity contribution is 5.45. The van der Waals surface area contributed by atoms with Gasteiger partial charge in [0.1, 0.15) is 11.3 Å². The van der Waals surface area contributed by atoms with E-state index in [0.29, 0.717) is 5.92 Å². The largest absolute Gasteiger partial charge is 0.293 e. The number of fused-ring (bicyclic) bond motifs is 1. The first-order valence-corrected chi connectivity index (χ1v) is 4.66. The Balaban J connectivity index is 2.69. The molecule has 0 bridgehead atoms. The fraction of sp³-hybridized carbons (Fsp3) is 0.250. The molecule has 0 spiro atoms. The third kappa shape index (κ3) is 1.27. The van der Waals surface area contributed by atoms with E-state index in [1.807, 2.05) is 10.5 Å². The molecule has 2 heterocycles. The third-order valence-corrected chi connectivity index (χ3v) is 2.34. The molecule has 0 amide bonds. The molecule has 0 saturated carbocycles. The number of pyridine rings is 1. The molecule has 2 aromatic heterocycles. The molecular formula is C12H12N2. The minimum atomic E-state index is 0.507. The van der Waals surface area contributed by atoms with Gasteiger partial charge in [-0.05, 0) is 17.5 Å². The van der Waals surface area contributed by atoms with E-state index in [0.717, 1.165) is 11.3 Å². The fourth-order valence-corrected chi connectivity index (χ4v) is 1.45. The number of hydrogen-bond donors (Lipinski definition) is 0. The number of aromatic nitrogens is 2. The second kappa shape index (κ2) is 3.19. The summed E-state index contributed by atoms with van der Waals surface area (Å²) in [5, 5.41) is 0. The number of imidazole rings is 1. The van der Waals surface area contributed by atoms with Crippen LogP contribution in [0.25, 0.3) is 5.65 Å². The van der Waals surface area contributed by atoms with Crippen LogP contribution in [0.5, 0.6) is 0 Å². The average Bonchev–Trinajstić information content (AvgIpc) is 2.59. The van der Waals surface area contributed by atoms with Crippen molar-refractivity contribution in [3.8, 4) is 12.3 Å². The van der Waals surface area contributed by atoms with Crippen LogP contribution >= 0.6 is 0 Å². The molecule has 14 heavy (non-hydrogen) atoms. The zero-order valence-corrected chi connectivity index (χ0v) is 8.36. The van der Waals surface area contributed by atoms with Gasteiger partial charge in [0.15, 0.2) is 0 Å². The van der Waals surface area contributed by atoms with E-state index in [-0.39, 0.29) is 0 Å². The van der Waals surface area contributed by atoms with Crippen molar-refractivity contribution in [2.45, 2.75) is 19.8 Å². The lowest BCUT2D eigenvalue weighted by Crippen LogP contribution is -1.93. The summed E-state index contributed by atoms with van der Waals surface area (Å²) >= 11 is 0. The second-order valence-electron chi connectivity index (χ2n) is 3.63. The van der Waals surface area contributed by atoms with E-state index in [1.165, 1.54) is 5.56 Å². The summed E-state index contributed by atoms with van der Waals surface area (Å²) in [5.74, 6) is 3.12. The van der Waals surface area contributed by atoms with Gasteiger partial charge in [-0.3, -0.25) is 4.40 Å². The Morgan fingerprint density at radius 2 is 2.21 bits per heavy atom. The Hall–Kier alpha value is -1.75. The minimum absolute atomic E-state index is 0.507. The molecule has 0 aliphatic heterocycles. The predicted octanol–water partition coefficient (Wildman–Crippen LogP) is 2.44. The van der Waals surface area contributed by atoms with Crippen molar-refractivity contribution in [3.63, 3.8) is 0 Å². The van der Waals surface area contributed by atoms with E-state index >= 15 is 0 Å². The van der Waals surface area contributed by atoms with Gasteiger partial charge < -0.3 is 0 Å². The van der Waals surface area contributed by atoms with E-state index < -0.39 is 0 Å². The lowest BCUT2D eigenvalue weighted by Gasteiger charge is -2.05. The summed E-state index contributed by atoms with van der Waals surface area (Å²) in [7, 11) is 0. The normalized spacial score (nSPS) is 10.7. The molecule has 0 aromatic carbocycles. The Bertz CT molecular complexity index is 501. The van der Waals surface area contributed by atoms with Crippen molar-refractivity contribution in [2.75, 3.05) is 0 Å². The fourth-order valence-electron chi connectivity index (χ4n) is 1.45. The number of nitrogens with zero attached hydrogens (tertiary/aromatic N) is 2. The van der Waals surface area contributed by atoms with E-state index in [1.54, 1.807) is 6.20 Å². The summed E-state index contributed by atoms with van der Waals surface area (Å²) in [4.78, 5) is 4.21. The van der Waals surface area contributed by atoms with Crippen LogP contribution in [-0.2, 0) is 0 Å². The molecule has 0 N–H and O–H groups in total. The Morgan fingerprint density at radius 3 is 2.86 bits per heavy atom. The first-order chi connectivity index (χ1) is 6.72. The molecule has 0 saturated heterocycles. The van der Waals surface area contributed by atoms with Crippen LogP contribution in [0.4, 0.5) is 0 Å². The zero-order chi connectivity index (χ0) is 10.1. The average molecular weight is 184 g/mol. The molecule has 0 aliphatic carbocycles. The second-order valence-corrected chi connectivity index (χ2v) is 3.63. The van der Waals surface area contributed by atoms with Crippen molar-refractivity contribution in [1.82, 2.24) is 9.38 Å². The molecule has 70 valence electrons. The monoisotopic (exact) mass is 184 g/mol. The van der Waals surface area contributed by atoms with Crippen molar-refractivity contribution in [3.05, 3.63) is 35.8 Å². The summed E-state index contributed by atoms with van der Waals surface area (Å²) in [6.45, 7) is 4.32. The van der Waals surface area contributed by atoms with Gasteiger partial charge in [-0.25, -0.2) is 4.98 Å². The van der Waals surface area contributed by atoms with Crippen LogP contribution in [0.2, 0.25) is 0 Å². The smallest absolute Gasteiger partial charge is 0.137 e. The summed E-state index contributed by atoms with van der Waals surface area (Å²) in [6, 6.07) is 4.09. The highest BCUT2D eigenvalue weighted by Gasteiger charge is 2.03. The lowest BCUT2D eigenvalue weighted by molar-refractivity contribution is 0.853. The van der Waals surface area contributed by atoms with Crippen LogP contribution in [0.1, 0.15) is 31.0 Å². The number of rotatable bonds is 1. The molecule has 0 fully saturated rings. The van der Waals surface area contributed by atoms with E-state index in [9.17, 15) is 0 Å². The molecule has 2 nitrogen and oxygen atoms in total. The maximum absolute atomic E-state index is 5.38. The highest BCUT2D eigenvalue weighted by atomic mass is 15.0. The van der Waals surface area contributed by atoms with Gasteiger partial charge in [-0.15, -0.1) is 6.42 Å². The summed E-state index contributed by atoms with van der Waals surface area (Å²) in [5.41, 5.74) is 2.98. The summed E-state index contributed by atoms with van der Waals surface area (Å²) < 4.78 is 1.95. The predicted molar refractivity (Wildman–Crippen MR) is 57.2 cm³/mol. The Kier molecular flexibility index (Phi) is 2.01. The first kappa shape index (κ1) is 8.83. The minimum Gasteiger partial charge on any atom is -0.293 e. The third-order valence-electron chi connectivity index (χ3n) is 2.34. The molecule has 0 radical (unpaired) electrons. The van der Waals surface area contributed by atoms with Gasteiger partial charge >= 0.3 is 0 Å². The lowest BCUT2D eigenvalue weighted by atomic mass is 10.1.